The topological polar surface area (TPSA) is 110 Å². The summed E-state index contributed by atoms with van der Waals surface area (Å²) in [5, 5.41) is 5.81. The molecule has 0 unspecified atom stereocenters. The highest BCUT2D eigenvalue weighted by Gasteiger charge is 2.44. The molecular weight excluding hydrogens is 468 g/mol. The molecule has 3 N–H and O–H groups in total. The lowest BCUT2D eigenvalue weighted by Crippen LogP contribution is -2.59. The molecule has 2 aliphatic rings. The maximum atomic E-state index is 14.0. The van der Waals surface area contributed by atoms with Crippen LogP contribution in [-0.2, 0) is 14.4 Å². The lowest BCUT2D eigenvalue weighted by atomic mass is 10.0. The van der Waals surface area contributed by atoms with Crippen molar-refractivity contribution in [2.75, 3.05) is 20.1 Å². The van der Waals surface area contributed by atoms with E-state index in [4.69, 9.17) is 4.98 Å². The van der Waals surface area contributed by atoms with Gasteiger partial charge in [0, 0.05) is 31.6 Å². The van der Waals surface area contributed by atoms with Crippen LogP contribution in [0, 0.1) is 0 Å². The highest BCUT2D eigenvalue weighted by atomic mass is 16.2. The van der Waals surface area contributed by atoms with Crippen molar-refractivity contribution in [3.8, 4) is 11.1 Å². The third-order valence-corrected chi connectivity index (χ3v) is 7.71. The first kappa shape index (κ1) is 25.0. The van der Waals surface area contributed by atoms with E-state index in [2.05, 4.69) is 33.8 Å². The predicted molar refractivity (Wildman–Crippen MR) is 141 cm³/mol. The van der Waals surface area contributed by atoms with Crippen LogP contribution in [0.15, 0.2) is 48.5 Å². The molecule has 0 saturated carbocycles. The van der Waals surface area contributed by atoms with Crippen molar-refractivity contribution in [1.29, 1.82) is 0 Å². The Kier molecular flexibility index (Phi) is 6.97. The minimum absolute atomic E-state index is 0.0254. The number of imidazole rings is 1. The maximum Gasteiger partial charge on any atom is 0.247 e. The highest BCUT2D eigenvalue weighted by Crippen LogP contribution is 2.39. The first-order chi connectivity index (χ1) is 17.9. The minimum atomic E-state index is -0.820. The van der Waals surface area contributed by atoms with Gasteiger partial charge >= 0.3 is 0 Å². The monoisotopic (exact) mass is 502 g/mol. The number of fused-ring (bicyclic) bond motifs is 2. The number of nitrogens with zero attached hydrogens (tertiary/aromatic N) is 3. The molecule has 9 nitrogen and oxygen atoms in total. The molecule has 3 aromatic rings. The predicted octanol–water partition coefficient (Wildman–Crippen LogP) is 2.61. The van der Waals surface area contributed by atoms with Crippen LogP contribution in [-0.4, -0.2) is 75.8 Å². The lowest BCUT2D eigenvalue weighted by Gasteiger charge is -2.38. The molecule has 194 valence electrons. The van der Waals surface area contributed by atoms with Gasteiger partial charge in [-0.15, -0.1) is 0 Å². The second-order valence-corrected chi connectivity index (χ2v) is 10.0. The molecule has 2 aliphatic heterocycles. The van der Waals surface area contributed by atoms with Crippen LogP contribution in [0.5, 0.6) is 0 Å². The molecule has 3 heterocycles. The summed E-state index contributed by atoms with van der Waals surface area (Å²) >= 11 is 0. The van der Waals surface area contributed by atoms with Crippen LogP contribution in [0.1, 0.15) is 45.0 Å². The van der Waals surface area contributed by atoms with E-state index >= 15 is 0 Å². The summed E-state index contributed by atoms with van der Waals surface area (Å²) in [4.78, 5) is 51.1. The van der Waals surface area contributed by atoms with Crippen molar-refractivity contribution >= 4 is 28.8 Å². The third kappa shape index (κ3) is 4.83. The van der Waals surface area contributed by atoms with Crippen LogP contribution in [0.25, 0.3) is 22.2 Å². The molecular formula is C28H34N6O3. The number of carbonyl (C=O) groups excluding carboxylic acids is 3. The molecule has 2 aromatic carbocycles. The Bertz CT molecular complexity index is 1310. The van der Waals surface area contributed by atoms with E-state index < -0.39 is 12.1 Å². The summed E-state index contributed by atoms with van der Waals surface area (Å²) < 4.78 is 0. The van der Waals surface area contributed by atoms with Gasteiger partial charge < -0.3 is 25.4 Å². The van der Waals surface area contributed by atoms with Gasteiger partial charge in [0.15, 0.2) is 0 Å². The van der Waals surface area contributed by atoms with Crippen LogP contribution < -0.4 is 10.6 Å². The van der Waals surface area contributed by atoms with Gasteiger partial charge in [0.25, 0.3) is 0 Å². The second kappa shape index (κ2) is 10.3. The fourth-order valence-electron chi connectivity index (χ4n) is 5.52. The fraction of sp³-hybridized carbons (Fsp3) is 0.429. The smallest absolute Gasteiger partial charge is 0.247 e. The third-order valence-electron chi connectivity index (χ3n) is 7.71. The number of likely N-dealkylation sites (N-methyl/N-ethyl adjacent to an activating group) is 1. The molecule has 0 bridgehead atoms. The number of H-pyrrole nitrogens is 1. The summed E-state index contributed by atoms with van der Waals surface area (Å²) in [5.41, 5.74) is 3.93. The van der Waals surface area contributed by atoms with Gasteiger partial charge in [0.05, 0.1) is 23.1 Å². The Hall–Kier alpha value is -3.72. The Morgan fingerprint density at radius 3 is 2.59 bits per heavy atom. The average molecular weight is 503 g/mol. The number of nitrogens with one attached hydrogen (secondary N) is 3. The number of amides is 3. The van der Waals surface area contributed by atoms with Crippen molar-refractivity contribution in [3.05, 3.63) is 54.4 Å². The van der Waals surface area contributed by atoms with Crippen molar-refractivity contribution in [1.82, 2.24) is 30.4 Å². The van der Waals surface area contributed by atoms with Gasteiger partial charge in [0.2, 0.25) is 17.7 Å². The van der Waals surface area contributed by atoms with Gasteiger partial charge in [-0.05, 0) is 44.9 Å². The Labute approximate surface area is 216 Å². The highest BCUT2D eigenvalue weighted by molar-refractivity contribution is 5.93. The van der Waals surface area contributed by atoms with Crippen molar-refractivity contribution in [2.24, 2.45) is 0 Å². The molecule has 0 radical (unpaired) electrons. The number of rotatable bonds is 5. The van der Waals surface area contributed by atoms with Crippen LogP contribution >= 0.6 is 0 Å². The standard InChI is InChI=1S/C28H34N6O3/c1-17(29-3)27(36)31-23-16-33(18(2)35)15-14-20-12-13-24(34(20)28(23)37)26-30-22-11-7-10-21(25(22)32-26)19-8-5-4-6-9-19/h4-11,17,20,23-24,29H,12-16H2,1-3H3,(H,30,32)(H,31,36)/t17-,20+,23-,24-/m0/s1. The van der Waals surface area contributed by atoms with E-state index in [1.54, 1.807) is 18.9 Å². The summed E-state index contributed by atoms with van der Waals surface area (Å²) in [6, 6.07) is 14.7. The molecule has 37 heavy (non-hydrogen) atoms. The maximum absolute atomic E-state index is 14.0. The Morgan fingerprint density at radius 2 is 1.86 bits per heavy atom. The number of carbonyl (C=O) groups is 3. The van der Waals surface area contributed by atoms with Gasteiger partial charge in [-0.1, -0.05) is 42.5 Å². The molecule has 1 aromatic heterocycles. The van der Waals surface area contributed by atoms with E-state index in [-0.39, 0.29) is 36.3 Å². The van der Waals surface area contributed by atoms with E-state index in [1.807, 2.05) is 35.2 Å². The first-order valence-electron chi connectivity index (χ1n) is 13.0. The number of benzene rings is 2. The van der Waals surface area contributed by atoms with Crippen molar-refractivity contribution in [3.63, 3.8) is 0 Å². The summed E-state index contributed by atoms with van der Waals surface area (Å²) in [7, 11) is 1.70. The van der Waals surface area contributed by atoms with E-state index in [0.29, 0.717) is 13.0 Å². The van der Waals surface area contributed by atoms with E-state index in [9.17, 15) is 14.4 Å². The summed E-state index contributed by atoms with van der Waals surface area (Å²) in [5.74, 6) is 0.224. The number of aromatic amines is 1. The second-order valence-electron chi connectivity index (χ2n) is 10.0. The molecule has 3 amide bonds. The summed E-state index contributed by atoms with van der Waals surface area (Å²) in [6.07, 6.45) is 2.29. The molecule has 2 fully saturated rings. The molecule has 2 saturated heterocycles. The average Bonchev–Trinajstić information content (AvgIpc) is 3.52. The van der Waals surface area contributed by atoms with E-state index in [1.165, 1.54) is 6.92 Å². The molecule has 0 aliphatic carbocycles. The zero-order valence-electron chi connectivity index (χ0n) is 21.5. The first-order valence-corrected chi connectivity index (χ1v) is 13.0. The number of hydrogen-bond acceptors (Lipinski definition) is 5. The van der Waals surface area contributed by atoms with Crippen LogP contribution in [0.3, 0.4) is 0 Å². The fourth-order valence-corrected chi connectivity index (χ4v) is 5.52. The minimum Gasteiger partial charge on any atom is -0.341 e. The molecule has 9 heteroatoms. The normalized spacial score (nSPS) is 22.9. The van der Waals surface area contributed by atoms with Crippen LogP contribution in [0.4, 0.5) is 0 Å². The SMILES string of the molecule is CN[C@@H](C)C(=O)N[C@H]1CN(C(C)=O)CC[C@H]2CC[C@@H](c3nc4c(-c5ccccc5)cccc4[nH]3)N2C1=O. The van der Waals surface area contributed by atoms with Gasteiger partial charge in [0.1, 0.15) is 11.9 Å². The van der Waals surface area contributed by atoms with Gasteiger partial charge in [-0.25, -0.2) is 4.98 Å². The zero-order valence-corrected chi connectivity index (χ0v) is 21.5. The van der Waals surface area contributed by atoms with Crippen molar-refractivity contribution < 1.29 is 14.4 Å². The largest absolute Gasteiger partial charge is 0.341 e. The van der Waals surface area contributed by atoms with Gasteiger partial charge in [-0.3, -0.25) is 14.4 Å². The molecule has 0 spiro atoms. The van der Waals surface area contributed by atoms with Crippen molar-refractivity contribution in [2.45, 2.75) is 57.3 Å². The van der Waals surface area contributed by atoms with Crippen LogP contribution in [0.2, 0.25) is 0 Å². The Morgan fingerprint density at radius 1 is 1.08 bits per heavy atom. The molecule has 4 atom stereocenters. The quantitative estimate of drug-likeness (QED) is 0.497. The molecule has 5 rings (SSSR count). The van der Waals surface area contributed by atoms with E-state index in [0.717, 1.165) is 40.8 Å². The number of aromatic nitrogens is 2. The van der Waals surface area contributed by atoms with Gasteiger partial charge in [-0.2, -0.15) is 0 Å². The number of hydrogen-bond donors (Lipinski definition) is 3. The zero-order chi connectivity index (χ0) is 26.1. The number of para-hydroxylation sites is 1. The summed E-state index contributed by atoms with van der Waals surface area (Å²) in [6.45, 7) is 3.95. The lowest BCUT2D eigenvalue weighted by molar-refractivity contribution is -0.143. The Balaban J connectivity index is 1.49.